The molecule has 3 N–H and O–H groups in total. The normalized spacial score (nSPS) is 11.0. The van der Waals surface area contributed by atoms with Crippen LogP contribution in [0.2, 0.25) is 0 Å². The van der Waals surface area contributed by atoms with Crippen LogP contribution in [0.25, 0.3) is 22.4 Å². The number of nitrogens with one attached hydrogen (secondary N) is 1. The van der Waals surface area contributed by atoms with Crippen LogP contribution in [0.15, 0.2) is 30.5 Å². The Labute approximate surface area is 104 Å². The summed E-state index contributed by atoms with van der Waals surface area (Å²) in [7, 11) is 3.58. The molecule has 0 saturated heterocycles. The van der Waals surface area contributed by atoms with Crippen LogP contribution in [0.3, 0.4) is 0 Å². The molecule has 0 aliphatic carbocycles. The maximum Gasteiger partial charge on any atom is 0.158 e. The van der Waals surface area contributed by atoms with E-state index in [0.29, 0.717) is 5.82 Å². The van der Waals surface area contributed by atoms with E-state index in [0.717, 1.165) is 28.2 Å². The van der Waals surface area contributed by atoms with E-state index in [2.05, 4.69) is 9.97 Å². The van der Waals surface area contributed by atoms with E-state index >= 15 is 0 Å². The summed E-state index contributed by atoms with van der Waals surface area (Å²) in [5.41, 5.74) is 7.68. The molecule has 2 heterocycles. The van der Waals surface area contributed by atoms with E-state index in [1.807, 2.05) is 35.9 Å². The van der Waals surface area contributed by atoms with Crippen LogP contribution < -0.4 is 10.5 Å². The summed E-state index contributed by atoms with van der Waals surface area (Å²) >= 11 is 0. The summed E-state index contributed by atoms with van der Waals surface area (Å²) < 4.78 is 7.11. The van der Waals surface area contributed by atoms with Gasteiger partial charge in [0.15, 0.2) is 5.82 Å². The molecule has 18 heavy (non-hydrogen) atoms. The number of ether oxygens (including phenoxy) is 1. The average Bonchev–Trinajstić information content (AvgIpc) is 2.90. The predicted octanol–water partition coefficient (Wildman–Crippen LogP) is 2.16. The number of imidazole rings is 1. The molecule has 0 aliphatic rings. The summed E-state index contributed by atoms with van der Waals surface area (Å²) in [5.74, 6) is 2.18. The number of nitrogens with zero attached hydrogens (tertiary/aromatic N) is 2. The minimum absolute atomic E-state index is 0.517. The largest absolute Gasteiger partial charge is 0.497 e. The number of anilines is 1. The molecule has 5 heteroatoms. The first-order valence-electron chi connectivity index (χ1n) is 5.63. The van der Waals surface area contributed by atoms with Crippen molar-refractivity contribution in [1.29, 1.82) is 0 Å². The summed E-state index contributed by atoms with van der Waals surface area (Å²) in [6, 6.07) is 7.95. The van der Waals surface area contributed by atoms with Crippen LogP contribution in [0, 0.1) is 0 Å². The third-order valence-electron chi connectivity index (χ3n) is 2.96. The first kappa shape index (κ1) is 10.7. The van der Waals surface area contributed by atoms with Gasteiger partial charge in [-0.3, -0.25) is 0 Å². The van der Waals surface area contributed by atoms with Crippen LogP contribution in [0.1, 0.15) is 0 Å². The molecule has 0 atom stereocenters. The third kappa shape index (κ3) is 1.60. The number of fused-ring (bicyclic) bond motifs is 1. The van der Waals surface area contributed by atoms with Crippen LogP contribution in [0.5, 0.6) is 5.75 Å². The van der Waals surface area contributed by atoms with Gasteiger partial charge in [-0.05, 0) is 24.3 Å². The van der Waals surface area contributed by atoms with Gasteiger partial charge in [0.25, 0.3) is 0 Å². The fraction of sp³-hybridized carbons (Fsp3) is 0.154. The number of rotatable bonds is 2. The number of aromatic nitrogens is 3. The van der Waals surface area contributed by atoms with Gasteiger partial charge < -0.3 is 20.0 Å². The summed E-state index contributed by atoms with van der Waals surface area (Å²) in [5, 5.41) is 1.09. The average molecular weight is 242 g/mol. The molecule has 0 saturated carbocycles. The molecular weight excluding hydrogens is 228 g/mol. The highest BCUT2D eigenvalue weighted by Crippen LogP contribution is 2.26. The SMILES string of the molecule is COc1ccc2[nH]c(-c3nc(N)cn3C)cc2c1. The van der Waals surface area contributed by atoms with Gasteiger partial charge in [0.1, 0.15) is 11.6 Å². The van der Waals surface area contributed by atoms with Gasteiger partial charge in [0, 0.05) is 24.1 Å². The van der Waals surface area contributed by atoms with E-state index in [4.69, 9.17) is 10.5 Å². The van der Waals surface area contributed by atoms with Crippen molar-refractivity contribution in [2.75, 3.05) is 12.8 Å². The molecule has 1 aromatic carbocycles. The molecule has 3 rings (SSSR count). The van der Waals surface area contributed by atoms with E-state index in [9.17, 15) is 0 Å². The van der Waals surface area contributed by atoms with Crippen LogP contribution in [-0.4, -0.2) is 21.6 Å². The fourth-order valence-corrected chi connectivity index (χ4v) is 2.10. The lowest BCUT2D eigenvalue weighted by Gasteiger charge is -1.97. The van der Waals surface area contributed by atoms with Gasteiger partial charge in [0.05, 0.1) is 12.8 Å². The van der Waals surface area contributed by atoms with Gasteiger partial charge in [0.2, 0.25) is 0 Å². The van der Waals surface area contributed by atoms with Crippen LogP contribution in [0.4, 0.5) is 5.82 Å². The summed E-state index contributed by atoms with van der Waals surface area (Å²) in [6.07, 6.45) is 1.79. The highest BCUT2D eigenvalue weighted by molar-refractivity contribution is 5.86. The Kier molecular flexibility index (Phi) is 2.26. The Morgan fingerprint density at radius 1 is 1.33 bits per heavy atom. The molecule has 0 fully saturated rings. The highest BCUT2D eigenvalue weighted by atomic mass is 16.5. The van der Waals surface area contributed by atoms with E-state index in [1.54, 1.807) is 13.3 Å². The van der Waals surface area contributed by atoms with Crippen molar-refractivity contribution >= 4 is 16.7 Å². The van der Waals surface area contributed by atoms with Gasteiger partial charge in [-0.25, -0.2) is 4.98 Å². The maximum atomic E-state index is 5.69. The molecular formula is C13H14N4O. The lowest BCUT2D eigenvalue weighted by atomic mass is 10.2. The first-order chi connectivity index (χ1) is 8.67. The Morgan fingerprint density at radius 3 is 2.83 bits per heavy atom. The lowest BCUT2D eigenvalue weighted by molar-refractivity contribution is 0.415. The van der Waals surface area contributed by atoms with Gasteiger partial charge in [-0.1, -0.05) is 0 Å². The van der Waals surface area contributed by atoms with Crippen molar-refractivity contribution in [3.05, 3.63) is 30.5 Å². The minimum atomic E-state index is 0.517. The fourth-order valence-electron chi connectivity index (χ4n) is 2.10. The Morgan fingerprint density at radius 2 is 2.17 bits per heavy atom. The number of nitrogens with two attached hydrogens (primary N) is 1. The number of benzene rings is 1. The smallest absolute Gasteiger partial charge is 0.158 e. The minimum Gasteiger partial charge on any atom is -0.497 e. The number of aryl methyl sites for hydroxylation is 1. The molecule has 0 radical (unpaired) electrons. The van der Waals surface area contributed by atoms with E-state index < -0.39 is 0 Å². The zero-order valence-corrected chi connectivity index (χ0v) is 10.3. The van der Waals surface area contributed by atoms with Gasteiger partial charge in [-0.2, -0.15) is 0 Å². The summed E-state index contributed by atoms with van der Waals surface area (Å²) in [6.45, 7) is 0. The number of nitrogen functional groups attached to an aromatic ring is 1. The number of hydrogen-bond donors (Lipinski definition) is 2. The van der Waals surface area contributed by atoms with Crippen molar-refractivity contribution in [2.24, 2.45) is 7.05 Å². The van der Waals surface area contributed by atoms with Crippen molar-refractivity contribution in [1.82, 2.24) is 14.5 Å². The molecule has 3 aromatic rings. The van der Waals surface area contributed by atoms with Crippen molar-refractivity contribution in [2.45, 2.75) is 0 Å². The third-order valence-corrected chi connectivity index (χ3v) is 2.96. The number of methoxy groups -OCH3 is 1. The molecule has 0 amide bonds. The van der Waals surface area contributed by atoms with Crippen LogP contribution in [-0.2, 0) is 7.05 Å². The van der Waals surface area contributed by atoms with Gasteiger partial charge >= 0.3 is 0 Å². The molecule has 0 spiro atoms. The Bertz CT molecular complexity index is 711. The monoisotopic (exact) mass is 242 g/mol. The van der Waals surface area contributed by atoms with Crippen LogP contribution >= 0.6 is 0 Å². The standard InChI is InChI=1S/C13H14N4O/c1-17-7-12(14)16-13(17)11-6-8-5-9(18-2)3-4-10(8)15-11/h3-7,15H,14H2,1-2H3. The maximum absolute atomic E-state index is 5.69. The second-order valence-electron chi connectivity index (χ2n) is 4.24. The van der Waals surface area contributed by atoms with E-state index in [1.165, 1.54) is 0 Å². The first-order valence-corrected chi connectivity index (χ1v) is 5.63. The Balaban J connectivity index is 2.16. The topological polar surface area (TPSA) is 68.9 Å². The molecule has 5 nitrogen and oxygen atoms in total. The quantitative estimate of drug-likeness (QED) is 0.723. The predicted molar refractivity (Wildman–Crippen MR) is 71.5 cm³/mol. The zero-order chi connectivity index (χ0) is 12.7. The lowest BCUT2D eigenvalue weighted by Crippen LogP contribution is -1.90. The zero-order valence-electron chi connectivity index (χ0n) is 10.3. The molecule has 0 unspecified atom stereocenters. The number of aromatic amines is 1. The van der Waals surface area contributed by atoms with Crippen molar-refractivity contribution in [3.63, 3.8) is 0 Å². The number of hydrogen-bond acceptors (Lipinski definition) is 3. The van der Waals surface area contributed by atoms with Crippen molar-refractivity contribution < 1.29 is 4.74 Å². The van der Waals surface area contributed by atoms with E-state index in [-0.39, 0.29) is 0 Å². The molecule has 0 aliphatic heterocycles. The number of H-pyrrole nitrogens is 1. The highest BCUT2D eigenvalue weighted by Gasteiger charge is 2.09. The van der Waals surface area contributed by atoms with Crippen molar-refractivity contribution in [3.8, 4) is 17.3 Å². The second kappa shape index (κ2) is 3.80. The molecule has 0 bridgehead atoms. The Hall–Kier alpha value is -2.43. The molecule has 2 aromatic heterocycles. The van der Waals surface area contributed by atoms with Gasteiger partial charge in [-0.15, -0.1) is 0 Å². The molecule has 92 valence electrons. The summed E-state index contributed by atoms with van der Waals surface area (Å²) in [4.78, 5) is 7.62. The second-order valence-corrected chi connectivity index (χ2v) is 4.24.